The van der Waals surface area contributed by atoms with Crippen molar-refractivity contribution >= 4 is 46.5 Å². The molecular weight excluding hydrogens is 415 g/mol. The van der Waals surface area contributed by atoms with Gasteiger partial charge in [0.1, 0.15) is 0 Å². The molecule has 6 nitrogen and oxygen atoms in total. The fourth-order valence-corrected chi connectivity index (χ4v) is 4.23. The Morgan fingerprint density at radius 1 is 1.28 bits per heavy atom. The van der Waals surface area contributed by atoms with Gasteiger partial charge in [0, 0.05) is 44.5 Å². The highest BCUT2D eigenvalue weighted by Crippen LogP contribution is 2.54. The number of esters is 2. The van der Waals surface area contributed by atoms with E-state index in [1.807, 2.05) is 0 Å². The predicted octanol–water partition coefficient (Wildman–Crippen LogP) is 4.27. The second kappa shape index (κ2) is 8.35. The number of para-hydroxylation sites is 1. The molecule has 0 amide bonds. The summed E-state index contributed by atoms with van der Waals surface area (Å²) < 4.78 is 10.1. The molecule has 0 aliphatic carbocycles. The molecule has 1 aliphatic heterocycles. The number of carbonyl (C=O) groups is 2. The molecule has 0 saturated carbocycles. The minimum Gasteiger partial charge on any atom is -0.466 e. The highest BCUT2D eigenvalue weighted by atomic mass is 35.5. The van der Waals surface area contributed by atoms with E-state index in [0.29, 0.717) is 32.5 Å². The molecule has 3 rings (SSSR count). The van der Waals surface area contributed by atoms with Gasteiger partial charge in [-0.1, -0.05) is 47.5 Å². The molecule has 8 heteroatoms. The normalized spacial score (nSPS) is 20.2. The number of nitrogens with one attached hydrogen (secondary N) is 1. The van der Waals surface area contributed by atoms with Crippen LogP contribution in [0.1, 0.15) is 24.0 Å². The maximum absolute atomic E-state index is 13.3. The maximum Gasteiger partial charge on any atom is 0.337 e. The molecule has 2 aromatic carbocycles. The summed E-state index contributed by atoms with van der Waals surface area (Å²) in [6, 6.07) is 10.2. The van der Waals surface area contributed by atoms with Crippen molar-refractivity contribution in [2.45, 2.75) is 18.4 Å². The molecule has 1 aliphatic rings. The third-order valence-electron chi connectivity index (χ3n) is 4.81. The van der Waals surface area contributed by atoms with Crippen LogP contribution in [0, 0.1) is 0 Å². The van der Waals surface area contributed by atoms with Gasteiger partial charge in [-0.3, -0.25) is 0 Å². The summed E-state index contributed by atoms with van der Waals surface area (Å²) >= 11 is 12.7. The minimum absolute atomic E-state index is 0.160. The number of halogens is 2. The van der Waals surface area contributed by atoms with Crippen molar-refractivity contribution in [3.8, 4) is 0 Å². The van der Waals surface area contributed by atoms with E-state index in [9.17, 15) is 9.59 Å². The van der Waals surface area contributed by atoms with Gasteiger partial charge < -0.3 is 20.5 Å². The molecule has 29 heavy (non-hydrogen) atoms. The van der Waals surface area contributed by atoms with Crippen LogP contribution < -0.4 is 11.1 Å². The Balaban J connectivity index is 2.31. The number of hydrogen-bond donors (Lipinski definition) is 2. The first-order valence-corrected chi connectivity index (χ1v) is 9.66. The molecule has 0 bridgehead atoms. The number of nitrogen functional groups attached to an aromatic ring is 1. The van der Waals surface area contributed by atoms with Gasteiger partial charge in [-0.25, -0.2) is 9.59 Å². The number of nitrogens with two attached hydrogens (primary N) is 1. The lowest BCUT2D eigenvalue weighted by atomic mass is 9.76. The quantitative estimate of drug-likeness (QED) is 0.414. The third-order valence-corrected chi connectivity index (χ3v) is 5.34. The van der Waals surface area contributed by atoms with E-state index in [2.05, 4.69) is 5.32 Å². The first-order valence-electron chi connectivity index (χ1n) is 8.90. The molecular formula is C21H20Cl2N2O4. The van der Waals surface area contributed by atoms with E-state index in [0.717, 1.165) is 0 Å². The van der Waals surface area contributed by atoms with Crippen LogP contribution in [0.15, 0.2) is 48.6 Å². The monoisotopic (exact) mass is 434 g/mol. The lowest BCUT2D eigenvalue weighted by Gasteiger charge is -2.34. The molecule has 0 spiro atoms. The molecule has 0 radical (unpaired) electrons. The molecule has 1 heterocycles. The standard InChI is InChI=1S/C21H20Cl2N2O4/c1-3-29-20(27)21(13-6-4-5-7-16(13)24)14(8-9-18(26)28-2)19-15(23)10-12(22)11-17(19)25-21/h4-11,14,25H,3,24H2,1-2H3. The number of ether oxygens (including phenoxy) is 2. The van der Waals surface area contributed by atoms with Crippen LogP contribution >= 0.6 is 23.2 Å². The molecule has 2 atom stereocenters. The summed E-state index contributed by atoms with van der Waals surface area (Å²) in [6.45, 7) is 1.87. The molecule has 152 valence electrons. The van der Waals surface area contributed by atoms with Gasteiger partial charge in [-0.2, -0.15) is 0 Å². The van der Waals surface area contributed by atoms with Gasteiger partial charge in [0.05, 0.1) is 13.7 Å². The van der Waals surface area contributed by atoms with Gasteiger partial charge in [-0.15, -0.1) is 0 Å². The van der Waals surface area contributed by atoms with Crippen LogP contribution in [0.5, 0.6) is 0 Å². The van der Waals surface area contributed by atoms with Gasteiger partial charge >= 0.3 is 11.9 Å². The number of methoxy groups -OCH3 is 1. The van der Waals surface area contributed by atoms with Crippen LogP contribution in [0.4, 0.5) is 11.4 Å². The minimum atomic E-state index is -1.44. The SMILES string of the molecule is CCOC(=O)C1(c2ccccc2N)Nc2cc(Cl)cc(Cl)c2C1C=CC(=O)OC. The maximum atomic E-state index is 13.3. The van der Waals surface area contributed by atoms with E-state index in [1.54, 1.807) is 49.4 Å². The lowest BCUT2D eigenvalue weighted by Crippen LogP contribution is -2.46. The molecule has 0 fully saturated rings. The zero-order valence-corrected chi connectivity index (χ0v) is 17.4. The Kier molecular flexibility index (Phi) is 6.05. The Morgan fingerprint density at radius 2 is 2.00 bits per heavy atom. The van der Waals surface area contributed by atoms with Crippen LogP contribution in [-0.4, -0.2) is 25.7 Å². The molecule has 3 N–H and O–H groups in total. The van der Waals surface area contributed by atoms with E-state index >= 15 is 0 Å². The second-order valence-corrected chi connectivity index (χ2v) is 7.29. The highest BCUT2D eigenvalue weighted by molar-refractivity contribution is 6.36. The Morgan fingerprint density at radius 3 is 2.66 bits per heavy atom. The van der Waals surface area contributed by atoms with Crippen LogP contribution in [0.3, 0.4) is 0 Å². The van der Waals surface area contributed by atoms with Crippen molar-refractivity contribution in [1.82, 2.24) is 0 Å². The zero-order valence-electron chi connectivity index (χ0n) is 15.9. The van der Waals surface area contributed by atoms with Crippen molar-refractivity contribution in [2.24, 2.45) is 0 Å². The average molecular weight is 435 g/mol. The third kappa shape index (κ3) is 3.66. The number of fused-ring (bicyclic) bond motifs is 1. The number of rotatable bonds is 5. The average Bonchev–Trinajstić information content (AvgIpc) is 3.01. The van der Waals surface area contributed by atoms with Crippen molar-refractivity contribution < 1.29 is 19.1 Å². The van der Waals surface area contributed by atoms with E-state index < -0.39 is 23.4 Å². The largest absolute Gasteiger partial charge is 0.466 e. The Hall–Kier alpha value is -2.70. The number of benzene rings is 2. The van der Waals surface area contributed by atoms with Crippen molar-refractivity contribution in [1.29, 1.82) is 0 Å². The molecule has 2 unspecified atom stereocenters. The molecule has 0 aromatic heterocycles. The van der Waals surface area contributed by atoms with Crippen molar-refractivity contribution in [2.75, 3.05) is 24.8 Å². The van der Waals surface area contributed by atoms with Gasteiger partial charge in [-0.05, 0) is 25.1 Å². The van der Waals surface area contributed by atoms with E-state index in [4.69, 9.17) is 38.4 Å². The van der Waals surface area contributed by atoms with Gasteiger partial charge in [0.15, 0.2) is 5.54 Å². The summed E-state index contributed by atoms with van der Waals surface area (Å²) in [4.78, 5) is 25.1. The first kappa shape index (κ1) is 21.0. The summed E-state index contributed by atoms with van der Waals surface area (Å²) in [5.74, 6) is -1.83. The first-order chi connectivity index (χ1) is 13.8. The summed E-state index contributed by atoms with van der Waals surface area (Å²) in [5, 5.41) is 3.98. The molecule has 0 saturated heterocycles. The van der Waals surface area contributed by atoms with Gasteiger partial charge in [0.2, 0.25) is 0 Å². The lowest BCUT2D eigenvalue weighted by molar-refractivity contribution is -0.149. The summed E-state index contributed by atoms with van der Waals surface area (Å²) in [7, 11) is 1.27. The fraction of sp³-hybridized carbons (Fsp3) is 0.238. The topological polar surface area (TPSA) is 90.6 Å². The zero-order chi connectivity index (χ0) is 21.2. The number of carbonyl (C=O) groups excluding carboxylic acids is 2. The van der Waals surface area contributed by atoms with Gasteiger partial charge in [0.25, 0.3) is 0 Å². The predicted molar refractivity (Wildman–Crippen MR) is 113 cm³/mol. The van der Waals surface area contributed by atoms with Crippen LogP contribution in [-0.2, 0) is 24.6 Å². The fourth-order valence-electron chi connectivity index (χ4n) is 3.62. The van der Waals surface area contributed by atoms with Crippen molar-refractivity contribution in [3.05, 3.63) is 69.7 Å². The second-order valence-electron chi connectivity index (χ2n) is 6.45. The smallest absolute Gasteiger partial charge is 0.337 e. The van der Waals surface area contributed by atoms with Crippen LogP contribution in [0.25, 0.3) is 0 Å². The summed E-state index contributed by atoms with van der Waals surface area (Å²) in [6.07, 6.45) is 2.81. The Bertz CT molecular complexity index is 993. The number of hydrogen-bond acceptors (Lipinski definition) is 6. The van der Waals surface area contributed by atoms with Crippen molar-refractivity contribution in [3.63, 3.8) is 0 Å². The Labute approximate surface area is 178 Å². The highest BCUT2D eigenvalue weighted by Gasteiger charge is 2.55. The van der Waals surface area contributed by atoms with Crippen LogP contribution in [0.2, 0.25) is 10.0 Å². The van der Waals surface area contributed by atoms with E-state index in [1.165, 1.54) is 13.2 Å². The summed E-state index contributed by atoms with van der Waals surface area (Å²) in [5.41, 5.74) is 6.85. The number of anilines is 2. The molecule has 2 aromatic rings. The van der Waals surface area contributed by atoms with E-state index in [-0.39, 0.29) is 6.61 Å².